The molecule has 5 aliphatic rings. The highest BCUT2D eigenvalue weighted by atomic mass is 16.8. The van der Waals surface area contributed by atoms with Crippen LogP contribution in [0, 0.1) is 0 Å². The number of nitrogens with one attached hydrogen (secondary N) is 2. The zero-order chi connectivity index (χ0) is 57.8. The number of hydrogen-bond acceptors (Lipinski definition) is 31. The van der Waals surface area contributed by atoms with E-state index in [0.717, 1.165) is 20.8 Å². The molecule has 0 radical (unpaired) electrons. The van der Waals surface area contributed by atoms with Crippen molar-refractivity contribution < 1.29 is 158 Å². The van der Waals surface area contributed by atoms with E-state index in [1.807, 2.05) is 0 Å². The van der Waals surface area contributed by atoms with Gasteiger partial charge in [0.05, 0.1) is 50.7 Å². The highest BCUT2D eigenvalue weighted by Crippen LogP contribution is 2.41. The van der Waals surface area contributed by atoms with Gasteiger partial charge in [-0.15, -0.1) is 0 Å². The second-order valence-electron chi connectivity index (χ2n) is 19.0. The first-order chi connectivity index (χ1) is 36.0. The van der Waals surface area contributed by atoms with Crippen molar-refractivity contribution in [1.29, 1.82) is 0 Å². The Morgan fingerprint density at radius 3 is 1.69 bits per heavy atom. The Hall–Kier alpha value is -3.65. The zero-order valence-corrected chi connectivity index (χ0v) is 41.2. The molecule has 2 amide bonds. The molecule has 0 aromatic carbocycles. The Morgan fingerprint density at radius 1 is 0.610 bits per heavy atom. The Balaban J connectivity index is 1.59. The number of aliphatic carboxylic acids is 2. The van der Waals surface area contributed by atoms with Crippen molar-refractivity contribution in [2.45, 2.75) is 198 Å². The number of aliphatic hydroxyl groups excluding tert-OH is 15. The van der Waals surface area contributed by atoms with Crippen LogP contribution in [-0.2, 0) is 71.3 Å². The third-order valence-electron chi connectivity index (χ3n) is 13.4. The molecule has 27 atom stereocenters. The molecule has 5 heterocycles. The van der Waals surface area contributed by atoms with Crippen LogP contribution >= 0.6 is 0 Å². The monoisotopic (exact) mass is 1130 g/mol. The van der Waals surface area contributed by atoms with Crippen LogP contribution in [-0.4, -0.2) is 314 Å². The first-order valence-electron chi connectivity index (χ1n) is 23.8. The number of ether oxygens (including phenoxy) is 10. The van der Waals surface area contributed by atoms with E-state index in [4.69, 9.17) is 48.4 Å². The van der Waals surface area contributed by atoms with E-state index in [9.17, 15) is 111 Å². The molecule has 0 bridgehead atoms. The van der Waals surface area contributed by atoms with E-state index >= 15 is 0 Å². The average Bonchev–Trinajstić information content (AvgIpc) is 3.38. The van der Waals surface area contributed by atoms with Crippen molar-refractivity contribution in [3.63, 3.8) is 0 Å². The van der Waals surface area contributed by atoms with Gasteiger partial charge in [-0.3, -0.25) is 14.4 Å². The van der Waals surface area contributed by atoms with Crippen LogP contribution in [0.5, 0.6) is 0 Å². The third-order valence-corrected chi connectivity index (χ3v) is 13.4. The highest BCUT2D eigenvalue weighted by Gasteiger charge is 2.63. The summed E-state index contributed by atoms with van der Waals surface area (Å²) in [4.78, 5) is 63.1. The van der Waals surface area contributed by atoms with Crippen molar-refractivity contribution in [3.05, 3.63) is 0 Å². The lowest BCUT2D eigenvalue weighted by molar-refractivity contribution is -0.401. The number of nitrogens with two attached hydrogens (primary N) is 1. The molecule has 5 saturated heterocycles. The number of carboxylic acids is 2. The minimum absolute atomic E-state index is 0.880. The fourth-order valence-corrected chi connectivity index (χ4v) is 9.45. The fraction of sp³-hybridized carbons (Fsp3) is 0.881. The Kier molecular flexibility index (Phi) is 22.3. The number of amides is 2. The number of esters is 1. The minimum Gasteiger partial charge on any atom is -0.477 e. The summed E-state index contributed by atoms with van der Waals surface area (Å²) in [7, 11) is 0. The number of rotatable bonds is 22. The molecule has 5 fully saturated rings. The summed E-state index contributed by atoms with van der Waals surface area (Å²) in [6, 6.07) is -5.51. The molecule has 0 aliphatic carbocycles. The molecule has 0 aromatic rings. The van der Waals surface area contributed by atoms with Crippen LogP contribution in [0.15, 0.2) is 0 Å². The molecule has 0 saturated carbocycles. The average molecular weight is 1130 g/mol. The van der Waals surface area contributed by atoms with E-state index in [2.05, 4.69) is 15.4 Å². The summed E-state index contributed by atoms with van der Waals surface area (Å²) in [6.07, 6.45) is -50.2. The summed E-state index contributed by atoms with van der Waals surface area (Å²) < 4.78 is 56.1. The van der Waals surface area contributed by atoms with Gasteiger partial charge in [-0.1, -0.05) is 0 Å². The topological polar surface area (TPSA) is 572 Å². The maximum absolute atomic E-state index is 13.7. The molecule has 5 rings (SSSR count). The van der Waals surface area contributed by atoms with E-state index < -0.39 is 240 Å². The Morgan fingerprint density at radius 2 is 1.14 bits per heavy atom. The van der Waals surface area contributed by atoms with Gasteiger partial charge in [-0.05, 0) is 0 Å². The lowest BCUT2D eigenvalue weighted by atomic mass is 9.87. The van der Waals surface area contributed by atoms with Crippen LogP contribution in [0.1, 0.15) is 33.6 Å². The van der Waals surface area contributed by atoms with Crippen LogP contribution in [0.25, 0.3) is 0 Å². The molecule has 77 heavy (non-hydrogen) atoms. The van der Waals surface area contributed by atoms with E-state index in [0.29, 0.717) is 0 Å². The number of aliphatic hydroxyl groups is 15. The van der Waals surface area contributed by atoms with Gasteiger partial charge >= 0.3 is 17.9 Å². The zero-order valence-electron chi connectivity index (χ0n) is 41.2. The molecule has 0 unspecified atom stereocenters. The maximum Gasteiger partial charge on any atom is 0.364 e. The number of carbonyl (C=O) groups is 5. The first kappa shape index (κ1) is 64.2. The van der Waals surface area contributed by atoms with E-state index in [1.54, 1.807) is 0 Å². The van der Waals surface area contributed by atoms with Gasteiger partial charge in [0, 0.05) is 33.6 Å². The lowest BCUT2D eigenvalue weighted by Crippen LogP contribution is -2.72. The summed E-state index contributed by atoms with van der Waals surface area (Å²) in [6.45, 7) is -2.91. The van der Waals surface area contributed by atoms with Crippen molar-refractivity contribution >= 4 is 29.7 Å². The van der Waals surface area contributed by atoms with Gasteiger partial charge in [0.1, 0.15) is 116 Å². The van der Waals surface area contributed by atoms with Gasteiger partial charge in [-0.25, -0.2) is 9.59 Å². The van der Waals surface area contributed by atoms with Crippen molar-refractivity contribution in [1.82, 2.24) is 10.6 Å². The maximum atomic E-state index is 13.7. The van der Waals surface area contributed by atoms with Crippen LogP contribution < -0.4 is 16.4 Å². The second kappa shape index (κ2) is 26.7. The SMILES string of the molecule is CC(=O)N[C@H]1[C@H](O[C@@H]2[C@H](O[C@]3(C(=O)O)C[C@H](O)[C@@H](NC(C)=O)[C@H]([C@H](O)[C@@H](CO)O[C@]4(C(=O)O)C[C@H](O)[C@@H](N)[C@H]([C@H](O)[C@H](O)COC(C)=O)O4)O3)[C@@H](O)[C@H](O[C@H]3[C@H](O)[C@@H](O)[C@H](O)O[C@@H]3CO)O[C@@H]2CO)O[C@H](CO)[C@H](O)[C@@H]1O. The van der Waals surface area contributed by atoms with Gasteiger partial charge in [-0.2, -0.15) is 0 Å². The molecular formula is C42H69N3O32. The largest absolute Gasteiger partial charge is 0.477 e. The fourth-order valence-electron chi connectivity index (χ4n) is 9.45. The quantitative estimate of drug-likeness (QED) is 0.0448. The van der Waals surface area contributed by atoms with E-state index in [-0.39, 0.29) is 0 Å². The summed E-state index contributed by atoms with van der Waals surface area (Å²) in [5, 5.41) is 189. The smallest absolute Gasteiger partial charge is 0.364 e. The molecule has 5 aliphatic heterocycles. The van der Waals surface area contributed by atoms with Gasteiger partial charge in [0.15, 0.2) is 18.9 Å². The highest BCUT2D eigenvalue weighted by molar-refractivity contribution is 5.77. The minimum atomic E-state index is -3.52. The van der Waals surface area contributed by atoms with Crippen LogP contribution in [0.3, 0.4) is 0 Å². The van der Waals surface area contributed by atoms with Crippen LogP contribution in [0.4, 0.5) is 0 Å². The lowest BCUT2D eigenvalue weighted by Gasteiger charge is -2.52. The summed E-state index contributed by atoms with van der Waals surface area (Å²) >= 11 is 0. The molecule has 35 heteroatoms. The van der Waals surface area contributed by atoms with Gasteiger partial charge in [0.25, 0.3) is 11.6 Å². The predicted octanol–water partition coefficient (Wildman–Crippen LogP) is -12.7. The summed E-state index contributed by atoms with van der Waals surface area (Å²) in [5.41, 5.74) is 6.00. The molecule has 35 nitrogen and oxygen atoms in total. The molecule has 21 N–H and O–H groups in total. The number of hydrogen-bond donors (Lipinski definition) is 20. The van der Waals surface area contributed by atoms with Crippen molar-refractivity contribution in [2.24, 2.45) is 5.73 Å². The molecule has 0 spiro atoms. The first-order valence-corrected chi connectivity index (χ1v) is 23.8. The molecule has 0 aromatic heterocycles. The summed E-state index contributed by atoms with van der Waals surface area (Å²) in [5.74, 6) is -14.0. The number of carboxylic acid groups (broad SMARTS) is 2. The standard InChI is InChI=1S/C42H69N3O32/c1-11(50)44-22-15(54)5-42(40(66)67,76-34(22)26(58)18(7-47)74-41(39(64)65)4-14(53)21(43)33(75-41)24(56)16(55)10-68-13(3)52)77-35-30(62)38(72-31-19(8-48)69-36(63)29(61)28(31)60)71-20(9-49)32(35)73-37-23(45-12(2)51)27(59)25(57)17(6-46)70-37/h14-38,46-49,53-63H,4-10,43H2,1-3H3,(H,44,50)(H,45,51)(H,64,65)(H,66,67)/t14-,15-,16+,17+,18+,19+,20+,21+,22+,23+,24+,25-,26+,27+,28+,29+,30+,31+,32-,33+,34+,35+,36+,37-,38-,41+,42-/m0/s1. The third kappa shape index (κ3) is 14.1. The van der Waals surface area contributed by atoms with Crippen molar-refractivity contribution in [2.75, 3.05) is 33.0 Å². The normalized spacial score (nSPS) is 43.2. The Bertz CT molecular complexity index is 2000. The van der Waals surface area contributed by atoms with Gasteiger partial charge in [0.2, 0.25) is 11.8 Å². The Labute approximate surface area is 435 Å². The second-order valence-corrected chi connectivity index (χ2v) is 19.0. The predicted molar refractivity (Wildman–Crippen MR) is 236 cm³/mol. The molecular weight excluding hydrogens is 1060 g/mol. The van der Waals surface area contributed by atoms with Crippen molar-refractivity contribution in [3.8, 4) is 0 Å². The van der Waals surface area contributed by atoms with E-state index in [1.165, 1.54) is 0 Å². The molecule has 444 valence electrons. The number of carbonyl (C=O) groups excluding carboxylic acids is 3. The van der Waals surface area contributed by atoms with Crippen LogP contribution in [0.2, 0.25) is 0 Å². The van der Waals surface area contributed by atoms with Gasteiger partial charge < -0.3 is 151 Å².